The molecular weight excluding hydrogens is 600 g/mol. The van der Waals surface area contributed by atoms with Gasteiger partial charge in [-0.3, -0.25) is 0 Å². The van der Waals surface area contributed by atoms with E-state index < -0.39 is 7.12 Å². The van der Waals surface area contributed by atoms with Crippen molar-refractivity contribution in [3.63, 3.8) is 0 Å². The zero-order chi connectivity index (χ0) is 28.4. The van der Waals surface area contributed by atoms with Crippen molar-refractivity contribution in [2.45, 2.75) is 13.8 Å². The lowest BCUT2D eigenvalue weighted by Gasteiger charge is -2.04. The molecule has 0 radical (unpaired) electrons. The molecule has 2 aromatic heterocycles. The number of benzene rings is 2. The van der Waals surface area contributed by atoms with E-state index in [-0.39, 0.29) is 27.9 Å². The van der Waals surface area contributed by atoms with Crippen LogP contribution in [0.5, 0.6) is 12.0 Å². The number of nitrogens with zero attached hydrogens (tertiary/aromatic N) is 6. The van der Waals surface area contributed by atoms with E-state index in [4.69, 9.17) is 72.8 Å². The highest BCUT2D eigenvalue weighted by atomic mass is 35.5. The highest BCUT2D eigenvalue weighted by molar-refractivity contribution is 6.58. The molecule has 0 spiro atoms. The minimum atomic E-state index is -1.41. The van der Waals surface area contributed by atoms with Gasteiger partial charge >= 0.3 is 19.1 Å². The van der Waals surface area contributed by atoms with Gasteiger partial charge in [0.1, 0.15) is 0 Å². The number of hydrogen-bond acceptors (Lipinski definition) is 10. The molecule has 0 aliphatic heterocycles. The van der Waals surface area contributed by atoms with Gasteiger partial charge in [0.2, 0.25) is 15.9 Å². The van der Waals surface area contributed by atoms with Gasteiger partial charge in [-0.2, -0.15) is 29.9 Å². The maximum absolute atomic E-state index is 8.75. The van der Waals surface area contributed by atoms with Crippen LogP contribution in [0.4, 0.5) is 0 Å². The number of aryl methyl sites for hydroxylation is 2. The number of methoxy groups -OCH3 is 2. The summed E-state index contributed by atoms with van der Waals surface area (Å²) in [5.41, 5.74) is 3.07. The molecule has 0 unspecified atom stereocenters. The summed E-state index contributed by atoms with van der Waals surface area (Å²) in [5.74, 6) is 0.460. The Morgan fingerprint density at radius 2 is 1.11 bits per heavy atom. The van der Waals surface area contributed by atoms with Crippen LogP contribution >= 0.6 is 58.0 Å². The molecule has 4 aromatic rings. The Balaban J connectivity index is 0.000000211. The van der Waals surface area contributed by atoms with Crippen LogP contribution in [0, 0.1) is 13.8 Å². The molecular formula is C22H20BCl5N6O4. The van der Waals surface area contributed by atoms with E-state index >= 15 is 0 Å². The molecule has 0 aliphatic carbocycles. The third kappa shape index (κ3) is 9.99. The molecule has 0 saturated carbocycles. The summed E-state index contributed by atoms with van der Waals surface area (Å²) in [6, 6.07) is 10.7. The van der Waals surface area contributed by atoms with Crippen molar-refractivity contribution in [2.75, 3.05) is 14.2 Å². The van der Waals surface area contributed by atoms with Crippen molar-refractivity contribution >= 4 is 70.6 Å². The third-order valence-corrected chi connectivity index (χ3v) is 5.76. The molecule has 2 aromatic carbocycles. The van der Waals surface area contributed by atoms with E-state index in [0.29, 0.717) is 21.3 Å². The Morgan fingerprint density at radius 3 is 1.58 bits per heavy atom. The number of halogens is 5. The Labute approximate surface area is 244 Å². The van der Waals surface area contributed by atoms with Crippen LogP contribution in [0.25, 0.3) is 11.4 Å². The third-order valence-electron chi connectivity index (χ3n) is 4.41. The summed E-state index contributed by atoms with van der Waals surface area (Å²) in [5, 5.41) is 19.0. The molecule has 2 N–H and O–H groups in total. The number of ether oxygens (including phenoxy) is 2. The van der Waals surface area contributed by atoms with E-state index in [2.05, 4.69) is 34.6 Å². The standard InChI is InChI=1S/C11H9Cl2N3O.C7H8BClO2.C4H3Cl2N3O/c1-6-5-7(3-4-8(6)12)9-14-10(13)16-11(15-9)17-2;1-5-4-6(8(10)11)2-3-7(5)9;1-10-4-8-2(5)7-3(6)9-4/h3-5H,1-2H3;2-4,10-11H,1H3;1H3. The lowest BCUT2D eigenvalue weighted by atomic mass is 9.80. The topological polar surface area (TPSA) is 136 Å². The molecule has 0 bridgehead atoms. The van der Waals surface area contributed by atoms with Crippen LogP contribution in [-0.2, 0) is 0 Å². The number of rotatable bonds is 4. The minimum absolute atomic E-state index is 0.0249. The molecule has 4 rings (SSSR count). The molecule has 200 valence electrons. The van der Waals surface area contributed by atoms with Crippen LogP contribution in [0.15, 0.2) is 36.4 Å². The maximum Gasteiger partial charge on any atom is 0.488 e. The minimum Gasteiger partial charge on any atom is -0.467 e. The van der Waals surface area contributed by atoms with E-state index in [1.165, 1.54) is 14.2 Å². The van der Waals surface area contributed by atoms with Gasteiger partial charge in [0, 0.05) is 15.6 Å². The van der Waals surface area contributed by atoms with Crippen molar-refractivity contribution in [2.24, 2.45) is 0 Å². The Bertz CT molecular complexity index is 1370. The van der Waals surface area contributed by atoms with Crippen molar-refractivity contribution < 1.29 is 19.5 Å². The van der Waals surface area contributed by atoms with Crippen molar-refractivity contribution in [3.8, 4) is 23.4 Å². The van der Waals surface area contributed by atoms with Crippen molar-refractivity contribution in [3.05, 3.63) is 73.4 Å². The first kappa shape index (κ1) is 31.7. The lowest BCUT2D eigenvalue weighted by Crippen LogP contribution is -2.29. The molecule has 0 fully saturated rings. The van der Waals surface area contributed by atoms with Crippen molar-refractivity contribution in [1.29, 1.82) is 0 Å². The largest absolute Gasteiger partial charge is 0.488 e. The maximum atomic E-state index is 8.75. The summed E-state index contributed by atoms with van der Waals surface area (Å²) in [6.07, 6.45) is 0. The second-order valence-electron chi connectivity index (χ2n) is 7.12. The van der Waals surface area contributed by atoms with Crippen LogP contribution in [-0.4, -0.2) is 61.3 Å². The zero-order valence-electron chi connectivity index (χ0n) is 20.3. The monoisotopic (exact) mass is 618 g/mol. The van der Waals surface area contributed by atoms with Gasteiger partial charge in [0.15, 0.2) is 5.82 Å². The van der Waals surface area contributed by atoms with Gasteiger partial charge in [-0.15, -0.1) is 0 Å². The first-order valence-electron chi connectivity index (χ1n) is 10.4. The fraction of sp³-hybridized carbons (Fsp3) is 0.182. The van der Waals surface area contributed by atoms with Crippen LogP contribution in [0.2, 0.25) is 25.9 Å². The fourth-order valence-corrected chi connectivity index (χ4v) is 3.30. The predicted octanol–water partition coefficient (Wildman–Crippen LogP) is 4.68. The first-order chi connectivity index (χ1) is 17.9. The smallest absolute Gasteiger partial charge is 0.467 e. The summed E-state index contributed by atoms with van der Waals surface area (Å²) in [7, 11) is 1.48. The molecule has 0 atom stereocenters. The van der Waals surface area contributed by atoms with Crippen molar-refractivity contribution in [1.82, 2.24) is 29.9 Å². The van der Waals surface area contributed by atoms with Crippen LogP contribution < -0.4 is 14.9 Å². The zero-order valence-corrected chi connectivity index (χ0v) is 24.1. The van der Waals surface area contributed by atoms with E-state index in [1.807, 2.05) is 26.0 Å². The van der Waals surface area contributed by atoms with Crippen LogP contribution in [0.3, 0.4) is 0 Å². The van der Waals surface area contributed by atoms with E-state index in [0.717, 1.165) is 16.7 Å². The molecule has 0 saturated heterocycles. The SMILES string of the molecule is COc1nc(Cl)nc(-c2ccc(Cl)c(C)c2)n1.COc1nc(Cl)nc(Cl)n1.Cc1cc(B(O)O)ccc1Cl. The predicted molar refractivity (Wildman–Crippen MR) is 149 cm³/mol. The highest BCUT2D eigenvalue weighted by Crippen LogP contribution is 2.24. The van der Waals surface area contributed by atoms with Crippen LogP contribution in [0.1, 0.15) is 11.1 Å². The van der Waals surface area contributed by atoms with Gasteiger partial charge in [-0.25, -0.2) is 0 Å². The Kier molecular flexibility index (Phi) is 12.7. The van der Waals surface area contributed by atoms with Gasteiger partial charge < -0.3 is 19.5 Å². The molecule has 2 heterocycles. The highest BCUT2D eigenvalue weighted by Gasteiger charge is 2.11. The van der Waals surface area contributed by atoms with E-state index in [1.54, 1.807) is 24.3 Å². The fourth-order valence-electron chi connectivity index (χ4n) is 2.56. The van der Waals surface area contributed by atoms with Gasteiger partial charge in [-0.05, 0) is 89.5 Å². The normalized spacial score (nSPS) is 9.97. The van der Waals surface area contributed by atoms with E-state index in [9.17, 15) is 0 Å². The second kappa shape index (κ2) is 15.2. The Morgan fingerprint density at radius 1 is 0.632 bits per heavy atom. The lowest BCUT2D eigenvalue weighted by molar-refractivity contribution is 0.378. The molecule has 16 heteroatoms. The number of hydrogen-bond donors (Lipinski definition) is 2. The summed E-state index contributed by atoms with van der Waals surface area (Å²) < 4.78 is 9.58. The summed E-state index contributed by atoms with van der Waals surface area (Å²) >= 11 is 28.3. The molecule has 10 nitrogen and oxygen atoms in total. The number of aromatic nitrogens is 6. The quantitative estimate of drug-likeness (QED) is 0.310. The average Bonchev–Trinajstić information content (AvgIpc) is 2.87. The first-order valence-corrected chi connectivity index (χ1v) is 12.3. The molecule has 0 aliphatic rings. The molecule has 38 heavy (non-hydrogen) atoms. The van der Waals surface area contributed by atoms with Gasteiger partial charge in [0.25, 0.3) is 0 Å². The summed E-state index contributed by atoms with van der Waals surface area (Å²) in [6.45, 7) is 3.72. The Hall–Kier alpha value is -2.51. The average molecular weight is 621 g/mol. The molecule has 0 amide bonds. The summed E-state index contributed by atoms with van der Waals surface area (Å²) in [4.78, 5) is 22.7. The second-order valence-corrected chi connectivity index (χ2v) is 8.95. The van der Waals surface area contributed by atoms with Gasteiger partial charge in [-0.1, -0.05) is 35.3 Å². The van der Waals surface area contributed by atoms with Gasteiger partial charge in [0.05, 0.1) is 14.2 Å².